The highest BCUT2D eigenvalue weighted by Crippen LogP contribution is 2.33. The van der Waals surface area contributed by atoms with Crippen LogP contribution in [0.5, 0.6) is 0 Å². The molecule has 146 valence electrons. The quantitative estimate of drug-likeness (QED) is 0.753. The van der Waals surface area contributed by atoms with E-state index in [0.29, 0.717) is 16.1 Å². The summed E-state index contributed by atoms with van der Waals surface area (Å²) < 4.78 is 0. The number of carbonyl (C=O) groups is 3. The first kappa shape index (κ1) is 20.0. The van der Waals surface area contributed by atoms with Crippen molar-refractivity contribution >= 4 is 29.4 Å². The Labute approximate surface area is 168 Å². The summed E-state index contributed by atoms with van der Waals surface area (Å²) in [6.07, 6.45) is -0.354. The Kier molecular flexibility index (Phi) is 5.82. The van der Waals surface area contributed by atoms with Gasteiger partial charge in [0.1, 0.15) is 0 Å². The standard InChI is InChI=1S/C21H21ClN2O4/c1-23(2)18(13-7-9-14(22)10-8-13)12-24-20(27)16-6-4-3-5-15(16)17(21(24)28)11-19(25)26/h3-10,17-18H,11-12H2,1-2H3,(H,25,26). The van der Waals surface area contributed by atoms with Crippen LogP contribution in [0.15, 0.2) is 48.5 Å². The first-order valence-electron chi connectivity index (χ1n) is 8.88. The molecule has 0 aromatic heterocycles. The summed E-state index contributed by atoms with van der Waals surface area (Å²) in [6, 6.07) is 13.7. The van der Waals surface area contributed by atoms with Gasteiger partial charge < -0.3 is 10.0 Å². The molecule has 1 heterocycles. The van der Waals surface area contributed by atoms with Gasteiger partial charge in [-0.15, -0.1) is 0 Å². The highest BCUT2D eigenvalue weighted by molar-refractivity contribution is 6.30. The van der Waals surface area contributed by atoms with E-state index in [1.807, 2.05) is 31.1 Å². The number of rotatable bonds is 6. The minimum atomic E-state index is -1.08. The number of carbonyl (C=O) groups excluding carboxylic acids is 2. The van der Waals surface area contributed by atoms with Gasteiger partial charge in [-0.3, -0.25) is 19.3 Å². The zero-order valence-electron chi connectivity index (χ0n) is 15.6. The molecule has 2 atom stereocenters. The van der Waals surface area contributed by atoms with E-state index in [9.17, 15) is 19.5 Å². The molecule has 0 bridgehead atoms. The highest BCUT2D eigenvalue weighted by Gasteiger charge is 2.40. The van der Waals surface area contributed by atoms with E-state index < -0.39 is 23.7 Å². The molecule has 1 N–H and O–H groups in total. The summed E-state index contributed by atoms with van der Waals surface area (Å²) in [7, 11) is 3.72. The Balaban J connectivity index is 1.98. The molecule has 3 rings (SSSR count). The van der Waals surface area contributed by atoms with Gasteiger partial charge in [-0.1, -0.05) is 41.9 Å². The number of halogens is 1. The minimum Gasteiger partial charge on any atom is -0.481 e. The van der Waals surface area contributed by atoms with E-state index in [0.717, 1.165) is 5.56 Å². The number of carboxylic acids is 1. The minimum absolute atomic E-state index is 0.122. The molecule has 28 heavy (non-hydrogen) atoms. The van der Waals surface area contributed by atoms with Crippen LogP contribution in [0.2, 0.25) is 5.02 Å². The lowest BCUT2D eigenvalue weighted by Crippen LogP contribution is -2.48. The largest absolute Gasteiger partial charge is 0.481 e. The van der Waals surface area contributed by atoms with Crippen molar-refractivity contribution in [2.75, 3.05) is 20.6 Å². The number of aliphatic carboxylic acids is 1. The zero-order chi connectivity index (χ0) is 20.4. The van der Waals surface area contributed by atoms with Gasteiger partial charge in [-0.05, 0) is 43.4 Å². The Bertz CT molecular complexity index is 911. The van der Waals surface area contributed by atoms with Crippen molar-refractivity contribution in [1.82, 2.24) is 9.80 Å². The van der Waals surface area contributed by atoms with Crippen LogP contribution in [-0.4, -0.2) is 53.3 Å². The first-order valence-corrected chi connectivity index (χ1v) is 9.25. The van der Waals surface area contributed by atoms with Crippen molar-refractivity contribution < 1.29 is 19.5 Å². The van der Waals surface area contributed by atoms with Crippen LogP contribution in [0.1, 0.15) is 39.9 Å². The third-order valence-corrected chi connectivity index (χ3v) is 5.24. The number of hydrogen-bond donors (Lipinski definition) is 1. The fourth-order valence-corrected chi connectivity index (χ4v) is 3.66. The molecule has 0 aliphatic carbocycles. The Morgan fingerprint density at radius 1 is 1.14 bits per heavy atom. The summed E-state index contributed by atoms with van der Waals surface area (Å²) in [5.41, 5.74) is 1.76. The second kappa shape index (κ2) is 8.12. The van der Waals surface area contributed by atoms with Gasteiger partial charge in [0.2, 0.25) is 5.91 Å². The molecule has 0 saturated carbocycles. The summed E-state index contributed by atoms with van der Waals surface area (Å²) in [5, 5.41) is 9.86. The number of imide groups is 1. The molecule has 1 aliphatic heterocycles. The second-order valence-electron chi connectivity index (χ2n) is 7.02. The lowest BCUT2D eigenvalue weighted by molar-refractivity contribution is -0.141. The average molecular weight is 401 g/mol. The molecule has 1 aliphatic rings. The number of hydrogen-bond acceptors (Lipinski definition) is 4. The SMILES string of the molecule is CN(C)C(CN1C(=O)c2ccccc2C(CC(=O)O)C1=O)c1ccc(Cl)cc1. The molecule has 2 aromatic rings. The van der Waals surface area contributed by atoms with Crippen molar-refractivity contribution in [1.29, 1.82) is 0 Å². The van der Waals surface area contributed by atoms with E-state index in [4.69, 9.17) is 11.6 Å². The fourth-order valence-electron chi connectivity index (χ4n) is 3.53. The van der Waals surface area contributed by atoms with Crippen molar-refractivity contribution in [3.8, 4) is 0 Å². The monoisotopic (exact) mass is 400 g/mol. The number of carboxylic acid groups (broad SMARTS) is 1. The maximum Gasteiger partial charge on any atom is 0.304 e. The van der Waals surface area contributed by atoms with Crippen molar-refractivity contribution in [3.63, 3.8) is 0 Å². The van der Waals surface area contributed by atoms with Gasteiger partial charge in [0, 0.05) is 17.1 Å². The molecule has 7 heteroatoms. The molecular formula is C21H21ClN2O4. The first-order chi connectivity index (χ1) is 13.3. The van der Waals surface area contributed by atoms with Gasteiger partial charge in [0.25, 0.3) is 5.91 Å². The van der Waals surface area contributed by atoms with Crippen molar-refractivity contribution in [2.45, 2.75) is 18.4 Å². The van der Waals surface area contributed by atoms with E-state index in [1.165, 1.54) is 4.90 Å². The number of fused-ring (bicyclic) bond motifs is 1. The molecule has 6 nitrogen and oxygen atoms in total. The molecule has 2 unspecified atom stereocenters. The Morgan fingerprint density at radius 2 is 1.79 bits per heavy atom. The van der Waals surface area contributed by atoms with Crippen molar-refractivity contribution in [3.05, 3.63) is 70.2 Å². The summed E-state index contributed by atoms with van der Waals surface area (Å²) in [5.74, 6) is -2.83. The Morgan fingerprint density at radius 3 is 2.39 bits per heavy atom. The van der Waals surface area contributed by atoms with Crippen LogP contribution in [0, 0.1) is 0 Å². The molecule has 0 fully saturated rings. The van der Waals surface area contributed by atoms with Crippen LogP contribution in [0.25, 0.3) is 0 Å². The smallest absolute Gasteiger partial charge is 0.304 e. The van der Waals surface area contributed by atoms with E-state index in [2.05, 4.69) is 0 Å². The second-order valence-corrected chi connectivity index (χ2v) is 7.46. The third kappa shape index (κ3) is 3.93. The molecule has 2 aromatic carbocycles. The maximum absolute atomic E-state index is 13.1. The molecule has 2 amide bonds. The summed E-state index contributed by atoms with van der Waals surface area (Å²) >= 11 is 5.97. The van der Waals surface area contributed by atoms with Gasteiger partial charge in [-0.25, -0.2) is 0 Å². The molecule has 0 saturated heterocycles. The van der Waals surface area contributed by atoms with Gasteiger partial charge in [0.05, 0.1) is 18.4 Å². The number of amides is 2. The molecular weight excluding hydrogens is 380 g/mol. The van der Waals surface area contributed by atoms with E-state index in [-0.39, 0.29) is 19.0 Å². The maximum atomic E-state index is 13.1. The summed E-state index contributed by atoms with van der Waals surface area (Å²) in [4.78, 5) is 40.5. The topological polar surface area (TPSA) is 77.9 Å². The number of benzene rings is 2. The van der Waals surface area contributed by atoms with Crippen LogP contribution in [0.3, 0.4) is 0 Å². The van der Waals surface area contributed by atoms with E-state index >= 15 is 0 Å². The number of likely N-dealkylation sites (N-methyl/N-ethyl adjacent to an activating group) is 1. The molecule has 0 spiro atoms. The van der Waals surface area contributed by atoms with Gasteiger partial charge >= 0.3 is 5.97 Å². The van der Waals surface area contributed by atoms with Crippen LogP contribution in [-0.2, 0) is 9.59 Å². The summed E-state index contributed by atoms with van der Waals surface area (Å²) in [6.45, 7) is 0.122. The Hall–Kier alpha value is -2.70. The zero-order valence-corrected chi connectivity index (χ0v) is 16.4. The predicted octanol–water partition coefficient (Wildman–Crippen LogP) is 3.18. The van der Waals surface area contributed by atoms with Gasteiger partial charge in [0.15, 0.2) is 0 Å². The number of nitrogens with zero attached hydrogens (tertiary/aromatic N) is 2. The average Bonchev–Trinajstić information content (AvgIpc) is 2.66. The predicted molar refractivity (Wildman–Crippen MR) is 105 cm³/mol. The van der Waals surface area contributed by atoms with E-state index in [1.54, 1.807) is 36.4 Å². The fraction of sp³-hybridized carbons (Fsp3) is 0.286. The highest BCUT2D eigenvalue weighted by atomic mass is 35.5. The van der Waals surface area contributed by atoms with Crippen LogP contribution < -0.4 is 0 Å². The molecule has 0 radical (unpaired) electrons. The van der Waals surface area contributed by atoms with Gasteiger partial charge in [-0.2, -0.15) is 0 Å². The van der Waals surface area contributed by atoms with Crippen LogP contribution in [0.4, 0.5) is 0 Å². The normalized spacial score (nSPS) is 17.6. The lowest BCUT2D eigenvalue weighted by atomic mass is 9.86. The lowest BCUT2D eigenvalue weighted by Gasteiger charge is -2.36. The third-order valence-electron chi connectivity index (χ3n) is 4.99. The van der Waals surface area contributed by atoms with Crippen LogP contribution >= 0.6 is 11.6 Å². The van der Waals surface area contributed by atoms with Crippen molar-refractivity contribution in [2.24, 2.45) is 0 Å².